The van der Waals surface area contributed by atoms with Gasteiger partial charge in [0.2, 0.25) is 0 Å². The number of ether oxygens (including phenoxy) is 2. The SMILES string of the molecule is COc1ccc(OC)c(NCCC2CCNCC2)c1. The number of nitrogens with one attached hydrogen (secondary N) is 2. The van der Waals surface area contributed by atoms with Crippen molar-refractivity contribution in [3.05, 3.63) is 18.2 Å². The zero-order valence-corrected chi connectivity index (χ0v) is 11.9. The molecule has 1 aliphatic heterocycles. The zero-order chi connectivity index (χ0) is 13.5. The van der Waals surface area contributed by atoms with Crippen LogP contribution in [0.3, 0.4) is 0 Å². The minimum absolute atomic E-state index is 0.838. The van der Waals surface area contributed by atoms with Crippen molar-refractivity contribution >= 4 is 5.69 Å². The van der Waals surface area contributed by atoms with Crippen molar-refractivity contribution in [3.63, 3.8) is 0 Å². The average Bonchev–Trinajstić information content (AvgIpc) is 2.48. The molecular formula is C15H24N2O2. The molecule has 2 N–H and O–H groups in total. The maximum atomic E-state index is 5.36. The van der Waals surface area contributed by atoms with Crippen LogP contribution >= 0.6 is 0 Å². The van der Waals surface area contributed by atoms with Gasteiger partial charge in [0.1, 0.15) is 11.5 Å². The largest absolute Gasteiger partial charge is 0.497 e. The topological polar surface area (TPSA) is 42.5 Å². The van der Waals surface area contributed by atoms with Crippen LogP contribution in [-0.2, 0) is 0 Å². The van der Waals surface area contributed by atoms with Crippen molar-refractivity contribution in [1.29, 1.82) is 0 Å². The quantitative estimate of drug-likeness (QED) is 0.828. The summed E-state index contributed by atoms with van der Waals surface area (Å²) in [6.07, 6.45) is 3.79. The number of piperidine rings is 1. The molecule has 0 saturated carbocycles. The third kappa shape index (κ3) is 4.03. The number of methoxy groups -OCH3 is 2. The summed E-state index contributed by atoms with van der Waals surface area (Å²) in [5.41, 5.74) is 1.01. The molecule has 0 aliphatic carbocycles. The lowest BCUT2D eigenvalue weighted by molar-refractivity contribution is 0.360. The van der Waals surface area contributed by atoms with E-state index < -0.39 is 0 Å². The van der Waals surface area contributed by atoms with E-state index in [0.717, 1.165) is 42.7 Å². The third-order valence-corrected chi connectivity index (χ3v) is 3.73. The van der Waals surface area contributed by atoms with Crippen LogP contribution in [0.5, 0.6) is 11.5 Å². The zero-order valence-electron chi connectivity index (χ0n) is 11.9. The highest BCUT2D eigenvalue weighted by Gasteiger charge is 2.12. The van der Waals surface area contributed by atoms with Crippen molar-refractivity contribution in [2.24, 2.45) is 5.92 Å². The molecule has 4 nitrogen and oxygen atoms in total. The molecule has 1 aromatic carbocycles. The van der Waals surface area contributed by atoms with Crippen LogP contribution in [-0.4, -0.2) is 33.9 Å². The van der Waals surface area contributed by atoms with Crippen LogP contribution in [0.4, 0.5) is 5.69 Å². The second-order valence-electron chi connectivity index (χ2n) is 4.98. The lowest BCUT2D eigenvalue weighted by Crippen LogP contribution is -2.28. The molecule has 1 saturated heterocycles. The molecule has 0 unspecified atom stereocenters. The van der Waals surface area contributed by atoms with Crippen molar-refractivity contribution in [3.8, 4) is 11.5 Å². The first-order chi connectivity index (χ1) is 9.33. The summed E-state index contributed by atoms with van der Waals surface area (Å²) in [4.78, 5) is 0. The molecule has 0 bridgehead atoms. The number of hydrogen-bond donors (Lipinski definition) is 2. The Kier molecular flexibility index (Phi) is 5.33. The minimum Gasteiger partial charge on any atom is -0.497 e. The Morgan fingerprint density at radius 2 is 2.00 bits per heavy atom. The Hall–Kier alpha value is -1.42. The van der Waals surface area contributed by atoms with Gasteiger partial charge in [0.15, 0.2) is 0 Å². The van der Waals surface area contributed by atoms with Crippen LogP contribution in [0, 0.1) is 5.92 Å². The molecule has 1 heterocycles. The summed E-state index contributed by atoms with van der Waals surface area (Å²) < 4.78 is 10.6. The van der Waals surface area contributed by atoms with Gasteiger partial charge in [0, 0.05) is 12.6 Å². The van der Waals surface area contributed by atoms with Crippen molar-refractivity contribution in [2.45, 2.75) is 19.3 Å². The fourth-order valence-electron chi connectivity index (χ4n) is 2.53. The Balaban J connectivity index is 1.86. The molecule has 4 heteroatoms. The van der Waals surface area contributed by atoms with Gasteiger partial charge in [-0.25, -0.2) is 0 Å². The summed E-state index contributed by atoms with van der Waals surface area (Å²) in [6.45, 7) is 3.30. The highest BCUT2D eigenvalue weighted by molar-refractivity contribution is 5.59. The molecule has 2 rings (SSSR count). The lowest BCUT2D eigenvalue weighted by atomic mass is 9.95. The standard InChI is InChI=1S/C15H24N2O2/c1-18-13-3-4-15(19-2)14(11-13)17-10-7-12-5-8-16-9-6-12/h3-4,11-12,16-17H,5-10H2,1-2H3. The number of hydrogen-bond acceptors (Lipinski definition) is 4. The smallest absolute Gasteiger partial charge is 0.142 e. The van der Waals surface area contributed by atoms with Crippen LogP contribution in [0.1, 0.15) is 19.3 Å². The van der Waals surface area contributed by atoms with Crippen molar-refractivity contribution in [1.82, 2.24) is 5.32 Å². The molecule has 19 heavy (non-hydrogen) atoms. The van der Waals surface area contributed by atoms with Crippen LogP contribution < -0.4 is 20.1 Å². The van der Waals surface area contributed by atoms with Gasteiger partial charge in [-0.1, -0.05) is 0 Å². The molecule has 1 aromatic rings. The van der Waals surface area contributed by atoms with Gasteiger partial charge in [-0.2, -0.15) is 0 Å². The summed E-state index contributed by atoms with van der Waals surface area (Å²) in [5, 5.41) is 6.86. The summed E-state index contributed by atoms with van der Waals surface area (Å²) in [5.74, 6) is 2.56. The average molecular weight is 264 g/mol. The third-order valence-electron chi connectivity index (χ3n) is 3.73. The van der Waals surface area contributed by atoms with Gasteiger partial charge in [-0.05, 0) is 50.4 Å². The molecule has 106 valence electrons. The molecule has 1 aliphatic rings. The van der Waals surface area contributed by atoms with Crippen molar-refractivity contribution < 1.29 is 9.47 Å². The molecule has 0 aromatic heterocycles. The monoisotopic (exact) mass is 264 g/mol. The second kappa shape index (κ2) is 7.24. The van der Waals surface area contributed by atoms with Gasteiger partial charge in [0.05, 0.1) is 19.9 Å². The second-order valence-corrected chi connectivity index (χ2v) is 4.98. The maximum Gasteiger partial charge on any atom is 0.142 e. The van der Waals surface area contributed by atoms with E-state index in [0.29, 0.717) is 0 Å². The first kappa shape index (κ1) is 14.0. The maximum absolute atomic E-state index is 5.36. The predicted octanol–water partition coefficient (Wildman–Crippen LogP) is 2.51. The summed E-state index contributed by atoms with van der Waals surface area (Å²) in [6, 6.07) is 5.84. The van der Waals surface area contributed by atoms with Gasteiger partial charge in [0.25, 0.3) is 0 Å². The first-order valence-corrected chi connectivity index (χ1v) is 7.00. The Morgan fingerprint density at radius 1 is 1.21 bits per heavy atom. The van der Waals surface area contributed by atoms with E-state index in [2.05, 4.69) is 10.6 Å². The Morgan fingerprint density at radius 3 is 2.68 bits per heavy atom. The lowest BCUT2D eigenvalue weighted by Gasteiger charge is -2.23. The van der Waals surface area contributed by atoms with Gasteiger partial charge in [-0.3, -0.25) is 0 Å². The summed E-state index contributed by atoms with van der Waals surface area (Å²) >= 11 is 0. The molecular weight excluding hydrogens is 240 g/mol. The normalized spacial score (nSPS) is 16.1. The molecule has 0 amide bonds. The van der Waals surface area contributed by atoms with Crippen LogP contribution in [0.15, 0.2) is 18.2 Å². The molecule has 0 atom stereocenters. The van der Waals surface area contributed by atoms with Gasteiger partial charge < -0.3 is 20.1 Å². The fourth-order valence-corrected chi connectivity index (χ4v) is 2.53. The predicted molar refractivity (Wildman–Crippen MR) is 78.2 cm³/mol. The molecule has 0 radical (unpaired) electrons. The molecule has 1 fully saturated rings. The fraction of sp³-hybridized carbons (Fsp3) is 0.600. The van der Waals surface area contributed by atoms with E-state index in [-0.39, 0.29) is 0 Å². The highest BCUT2D eigenvalue weighted by atomic mass is 16.5. The minimum atomic E-state index is 0.838. The van der Waals surface area contributed by atoms with E-state index in [4.69, 9.17) is 9.47 Å². The van der Waals surface area contributed by atoms with E-state index >= 15 is 0 Å². The van der Waals surface area contributed by atoms with Gasteiger partial charge in [-0.15, -0.1) is 0 Å². The van der Waals surface area contributed by atoms with E-state index in [9.17, 15) is 0 Å². The van der Waals surface area contributed by atoms with Crippen LogP contribution in [0.25, 0.3) is 0 Å². The molecule has 0 spiro atoms. The van der Waals surface area contributed by atoms with Crippen LogP contribution in [0.2, 0.25) is 0 Å². The Labute approximate surface area is 115 Å². The number of anilines is 1. The first-order valence-electron chi connectivity index (χ1n) is 7.00. The highest BCUT2D eigenvalue weighted by Crippen LogP contribution is 2.29. The summed E-state index contributed by atoms with van der Waals surface area (Å²) in [7, 11) is 3.38. The number of benzene rings is 1. The van der Waals surface area contributed by atoms with Gasteiger partial charge >= 0.3 is 0 Å². The van der Waals surface area contributed by atoms with E-state index in [1.807, 2.05) is 18.2 Å². The Bertz CT molecular complexity index is 390. The number of rotatable bonds is 6. The van der Waals surface area contributed by atoms with Crippen molar-refractivity contribution in [2.75, 3.05) is 39.2 Å². The van der Waals surface area contributed by atoms with E-state index in [1.54, 1.807) is 14.2 Å². The van der Waals surface area contributed by atoms with E-state index in [1.165, 1.54) is 19.3 Å².